The maximum absolute atomic E-state index is 13.7. The fraction of sp³-hybridized carbons (Fsp3) is 0. The van der Waals surface area contributed by atoms with Crippen LogP contribution >= 0.6 is 11.3 Å². The standard InChI is InChI=1S/C15H11FN2OS/c16-12-7-9(17)5-6-13(12)18-15(19)11-8-20-14-4-2-1-3-10(11)14/h1-8H,17H2,(H,18,19). The molecule has 0 aliphatic carbocycles. The van der Waals surface area contributed by atoms with Gasteiger partial charge in [-0.15, -0.1) is 11.3 Å². The maximum Gasteiger partial charge on any atom is 0.257 e. The Morgan fingerprint density at radius 2 is 2.00 bits per heavy atom. The highest BCUT2D eigenvalue weighted by atomic mass is 32.1. The van der Waals surface area contributed by atoms with E-state index in [4.69, 9.17) is 5.73 Å². The minimum atomic E-state index is -0.544. The third-order valence-electron chi connectivity index (χ3n) is 2.97. The number of benzene rings is 2. The number of hydrogen-bond acceptors (Lipinski definition) is 3. The molecule has 1 aromatic heterocycles. The van der Waals surface area contributed by atoms with E-state index in [2.05, 4.69) is 5.32 Å². The number of thiophene rings is 1. The molecule has 1 amide bonds. The molecule has 3 rings (SSSR count). The molecule has 100 valence electrons. The minimum Gasteiger partial charge on any atom is -0.399 e. The molecule has 0 fully saturated rings. The highest BCUT2D eigenvalue weighted by molar-refractivity contribution is 7.17. The monoisotopic (exact) mass is 286 g/mol. The van der Waals surface area contributed by atoms with E-state index in [9.17, 15) is 9.18 Å². The number of hydrogen-bond donors (Lipinski definition) is 2. The Balaban J connectivity index is 1.93. The molecule has 2 aromatic carbocycles. The fourth-order valence-electron chi connectivity index (χ4n) is 1.98. The van der Waals surface area contributed by atoms with Crippen LogP contribution in [-0.2, 0) is 0 Å². The van der Waals surface area contributed by atoms with Gasteiger partial charge in [-0.05, 0) is 24.3 Å². The first-order chi connectivity index (χ1) is 9.65. The van der Waals surface area contributed by atoms with Crippen LogP contribution in [0.15, 0.2) is 47.8 Å². The molecular formula is C15H11FN2OS. The fourth-order valence-corrected chi connectivity index (χ4v) is 2.92. The second kappa shape index (κ2) is 4.94. The Labute approximate surface area is 118 Å². The summed E-state index contributed by atoms with van der Waals surface area (Å²) in [5, 5.41) is 5.21. The third kappa shape index (κ3) is 2.23. The zero-order chi connectivity index (χ0) is 14.1. The van der Waals surface area contributed by atoms with E-state index in [0.29, 0.717) is 11.3 Å². The largest absolute Gasteiger partial charge is 0.399 e. The Bertz CT molecular complexity index is 797. The van der Waals surface area contributed by atoms with E-state index in [-0.39, 0.29) is 11.6 Å². The van der Waals surface area contributed by atoms with Crippen molar-refractivity contribution >= 4 is 38.7 Å². The molecule has 3 N–H and O–H groups in total. The normalized spacial score (nSPS) is 10.7. The van der Waals surface area contributed by atoms with Crippen LogP contribution in [0.2, 0.25) is 0 Å². The molecule has 0 aliphatic rings. The first kappa shape index (κ1) is 12.6. The maximum atomic E-state index is 13.7. The predicted molar refractivity (Wildman–Crippen MR) is 80.6 cm³/mol. The van der Waals surface area contributed by atoms with Crippen molar-refractivity contribution in [2.75, 3.05) is 11.1 Å². The third-order valence-corrected chi connectivity index (χ3v) is 3.93. The average molecular weight is 286 g/mol. The molecule has 3 nitrogen and oxygen atoms in total. The molecular weight excluding hydrogens is 275 g/mol. The molecule has 0 saturated carbocycles. The van der Waals surface area contributed by atoms with Crippen LogP contribution in [0.25, 0.3) is 10.1 Å². The van der Waals surface area contributed by atoms with E-state index in [0.717, 1.165) is 10.1 Å². The van der Waals surface area contributed by atoms with Crippen molar-refractivity contribution in [2.45, 2.75) is 0 Å². The van der Waals surface area contributed by atoms with Crippen LogP contribution in [0.4, 0.5) is 15.8 Å². The summed E-state index contributed by atoms with van der Waals surface area (Å²) >= 11 is 1.48. The number of anilines is 2. The summed E-state index contributed by atoms with van der Waals surface area (Å²) in [6, 6.07) is 11.8. The minimum absolute atomic E-state index is 0.125. The number of nitrogens with one attached hydrogen (secondary N) is 1. The summed E-state index contributed by atoms with van der Waals surface area (Å²) in [4.78, 5) is 12.2. The van der Waals surface area contributed by atoms with Gasteiger partial charge in [0.05, 0.1) is 11.3 Å². The summed E-state index contributed by atoms with van der Waals surface area (Å²) in [6.45, 7) is 0. The van der Waals surface area contributed by atoms with Gasteiger partial charge in [0.25, 0.3) is 5.91 Å². The van der Waals surface area contributed by atoms with Gasteiger partial charge in [-0.2, -0.15) is 0 Å². The van der Waals surface area contributed by atoms with E-state index >= 15 is 0 Å². The van der Waals surface area contributed by atoms with E-state index < -0.39 is 5.82 Å². The molecule has 0 unspecified atom stereocenters. The average Bonchev–Trinajstić information content (AvgIpc) is 2.86. The number of rotatable bonds is 2. The zero-order valence-corrected chi connectivity index (χ0v) is 11.2. The molecule has 20 heavy (non-hydrogen) atoms. The van der Waals surface area contributed by atoms with Crippen molar-refractivity contribution in [3.8, 4) is 0 Å². The Morgan fingerprint density at radius 1 is 1.20 bits per heavy atom. The first-order valence-electron chi connectivity index (χ1n) is 5.98. The molecule has 0 aliphatic heterocycles. The lowest BCUT2D eigenvalue weighted by atomic mass is 10.1. The zero-order valence-electron chi connectivity index (χ0n) is 10.4. The van der Waals surface area contributed by atoms with E-state index in [1.54, 1.807) is 11.4 Å². The van der Waals surface area contributed by atoms with Gasteiger partial charge in [-0.3, -0.25) is 4.79 Å². The van der Waals surface area contributed by atoms with E-state index in [1.807, 2.05) is 24.3 Å². The number of amides is 1. The lowest BCUT2D eigenvalue weighted by Crippen LogP contribution is -2.12. The SMILES string of the molecule is Nc1ccc(NC(=O)c2csc3ccccc23)c(F)c1. The molecule has 0 spiro atoms. The van der Waals surface area contributed by atoms with Gasteiger partial charge in [0.2, 0.25) is 0 Å². The van der Waals surface area contributed by atoms with Crippen LogP contribution in [0.5, 0.6) is 0 Å². The summed E-state index contributed by atoms with van der Waals surface area (Å²) in [5.74, 6) is -0.871. The predicted octanol–water partition coefficient (Wildman–Crippen LogP) is 3.87. The van der Waals surface area contributed by atoms with Crippen molar-refractivity contribution in [1.82, 2.24) is 0 Å². The van der Waals surface area contributed by atoms with Gasteiger partial charge >= 0.3 is 0 Å². The summed E-state index contributed by atoms with van der Waals surface area (Å²) in [6.07, 6.45) is 0. The van der Waals surface area contributed by atoms with Crippen molar-refractivity contribution < 1.29 is 9.18 Å². The highest BCUT2D eigenvalue weighted by Gasteiger charge is 2.13. The van der Waals surface area contributed by atoms with Crippen LogP contribution in [0.3, 0.4) is 0 Å². The summed E-state index contributed by atoms with van der Waals surface area (Å²) in [7, 11) is 0. The number of carbonyl (C=O) groups is 1. The molecule has 3 aromatic rings. The van der Waals surface area contributed by atoms with Crippen LogP contribution in [-0.4, -0.2) is 5.91 Å². The lowest BCUT2D eigenvalue weighted by molar-refractivity contribution is 0.102. The molecule has 5 heteroatoms. The number of halogens is 1. The number of carbonyl (C=O) groups excluding carboxylic acids is 1. The van der Waals surface area contributed by atoms with Crippen LogP contribution in [0.1, 0.15) is 10.4 Å². The second-order valence-electron chi connectivity index (χ2n) is 4.34. The quantitative estimate of drug-likeness (QED) is 0.702. The number of nitrogen functional groups attached to an aromatic ring is 1. The van der Waals surface area contributed by atoms with Crippen molar-refractivity contribution in [2.24, 2.45) is 0 Å². The van der Waals surface area contributed by atoms with Crippen LogP contribution < -0.4 is 11.1 Å². The Kier molecular flexibility index (Phi) is 3.12. The second-order valence-corrected chi connectivity index (χ2v) is 5.25. The Morgan fingerprint density at radius 3 is 2.80 bits per heavy atom. The van der Waals surface area contributed by atoms with Crippen molar-refractivity contribution in [3.63, 3.8) is 0 Å². The number of nitrogens with two attached hydrogens (primary N) is 1. The Hall–Kier alpha value is -2.40. The van der Waals surface area contributed by atoms with Gasteiger partial charge < -0.3 is 11.1 Å². The molecule has 0 atom stereocenters. The smallest absolute Gasteiger partial charge is 0.257 e. The van der Waals surface area contributed by atoms with Gasteiger partial charge in [0.15, 0.2) is 0 Å². The van der Waals surface area contributed by atoms with Gasteiger partial charge in [0, 0.05) is 21.2 Å². The van der Waals surface area contributed by atoms with Crippen LogP contribution in [0, 0.1) is 5.82 Å². The molecule has 0 bridgehead atoms. The topological polar surface area (TPSA) is 55.1 Å². The van der Waals surface area contributed by atoms with Crippen molar-refractivity contribution in [1.29, 1.82) is 0 Å². The van der Waals surface area contributed by atoms with Crippen molar-refractivity contribution in [3.05, 3.63) is 59.2 Å². The molecule has 0 radical (unpaired) electrons. The van der Waals surface area contributed by atoms with Gasteiger partial charge in [0.1, 0.15) is 5.82 Å². The lowest BCUT2D eigenvalue weighted by Gasteiger charge is -2.06. The molecule has 0 saturated heterocycles. The first-order valence-corrected chi connectivity index (χ1v) is 6.86. The highest BCUT2D eigenvalue weighted by Crippen LogP contribution is 2.27. The summed E-state index contributed by atoms with van der Waals surface area (Å²) < 4.78 is 14.7. The van der Waals surface area contributed by atoms with Gasteiger partial charge in [-0.1, -0.05) is 18.2 Å². The van der Waals surface area contributed by atoms with Gasteiger partial charge in [-0.25, -0.2) is 4.39 Å². The number of fused-ring (bicyclic) bond motifs is 1. The van der Waals surface area contributed by atoms with E-state index in [1.165, 1.54) is 23.5 Å². The molecule has 1 heterocycles. The summed E-state index contributed by atoms with van der Waals surface area (Å²) in [5.41, 5.74) is 6.46.